The van der Waals surface area contributed by atoms with E-state index in [9.17, 15) is 9.18 Å². The Bertz CT molecular complexity index is 478. The number of nitrogens with one attached hydrogen (secondary N) is 1. The third-order valence-corrected chi connectivity index (χ3v) is 1.98. The van der Waals surface area contributed by atoms with E-state index in [1.165, 1.54) is 13.0 Å². The van der Waals surface area contributed by atoms with Crippen LogP contribution in [-0.4, -0.2) is 10.8 Å². The van der Waals surface area contributed by atoms with Gasteiger partial charge in [0.05, 0.1) is 11.2 Å². The Kier molecular flexibility index (Phi) is 1.65. The molecule has 3 heteroatoms. The fraction of sp³-hybridized carbons (Fsp3) is 0.100. The van der Waals surface area contributed by atoms with Gasteiger partial charge in [-0.1, -0.05) is 12.1 Å². The van der Waals surface area contributed by atoms with E-state index in [4.69, 9.17) is 0 Å². The molecule has 68 valence electrons. The summed E-state index contributed by atoms with van der Waals surface area (Å²) < 4.78 is 13.1. The van der Waals surface area contributed by atoms with Crippen molar-refractivity contribution >= 4 is 16.7 Å². The van der Waals surface area contributed by atoms with E-state index in [1.54, 1.807) is 18.2 Å². The minimum absolute atomic E-state index is 0. The smallest absolute Gasteiger partial charge is 0.175 e. The molecule has 0 amide bonds. The van der Waals surface area contributed by atoms with Crippen LogP contribution in [0.3, 0.4) is 0 Å². The van der Waals surface area contributed by atoms with Crippen molar-refractivity contribution < 1.29 is 10.6 Å². The molecule has 1 heterocycles. The van der Waals surface area contributed by atoms with Crippen molar-refractivity contribution in [1.29, 1.82) is 0 Å². The molecule has 2 aromatic rings. The fourth-order valence-electron chi connectivity index (χ4n) is 1.31. The molecule has 0 radical (unpaired) electrons. The molecule has 0 aliphatic carbocycles. The van der Waals surface area contributed by atoms with E-state index in [2.05, 4.69) is 4.98 Å². The molecule has 0 aliphatic heterocycles. The van der Waals surface area contributed by atoms with Gasteiger partial charge in [0.1, 0.15) is 5.82 Å². The van der Waals surface area contributed by atoms with Crippen LogP contribution < -0.4 is 0 Å². The average Bonchev–Trinajstić information content (AvgIpc) is 2.49. The van der Waals surface area contributed by atoms with Crippen LogP contribution >= 0.6 is 0 Å². The predicted molar refractivity (Wildman–Crippen MR) is 50.4 cm³/mol. The number of Topliss-reactive ketones (excluding diaryl/α,β-unsaturated/α-hetero) is 1. The Morgan fingerprint density at radius 3 is 2.92 bits per heavy atom. The highest BCUT2D eigenvalue weighted by atomic mass is 19.1. The van der Waals surface area contributed by atoms with Gasteiger partial charge < -0.3 is 4.98 Å². The molecule has 2 rings (SSSR count). The lowest BCUT2D eigenvalue weighted by Gasteiger charge is -1.89. The molecule has 0 saturated heterocycles. The van der Waals surface area contributed by atoms with Crippen LogP contribution in [0.25, 0.3) is 10.9 Å². The summed E-state index contributed by atoms with van der Waals surface area (Å²) in [4.78, 5) is 13.7. The number of aromatic nitrogens is 1. The van der Waals surface area contributed by atoms with Crippen LogP contribution in [0.4, 0.5) is 4.39 Å². The van der Waals surface area contributed by atoms with E-state index in [0.717, 1.165) is 5.39 Å². The number of hydrogen-bond acceptors (Lipinski definition) is 1. The maximum Gasteiger partial charge on any atom is 0.175 e. The fourth-order valence-corrected chi connectivity index (χ4v) is 1.31. The summed E-state index contributed by atoms with van der Waals surface area (Å²) in [6.07, 6.45) is 0. The van der Waals surface area contributed by atoms with Gasteiger partial charge in [-0.05, 0) is 12.1 Å². The number of fused-ring (bicyclic) bond motifs is 1. The maximum atomic E-state index is 13.1. The number of hydrogen-bond donors (Lipinski definition) is 1. The number of H-pyrrole nitrogens is 1. The number of ketones is 1. The van der Waals surface area contributed by atoms with Crippen LogP contribution in [-0.2, 0) is 0 Å². The number of carbonyl (C=O) groups excluding carboxylic acids is 1. The molecule has 1 aromatic carbocycles. The highest BCUT2D eigenvalue weighted by Gasteiger charge is 2.06. The first-order valence-corrected chi connectivity index (χ1v) is 3.96. The summed E-state index contributed by atoms with van der Waals surface area (Å²) in [7, 11) is 0. The van der Waals surface area contributed by atoms with Crippen molar-refractivity contribution in [2.45, 2.75) is 6.92 Å². The molecule has 0 bridgehead atoms. The largest absolute Gasteiger partial charge is 0.350 e. The highest BCUT2D eigenvalue weighted by molar-refractivity contribution is 5.97. The molecule has 2 nitrogen and oxygen atoms in total. The number of benzene rings is 1. The zero-order valence-electron chi connectivity index (χ0n) is 7.10. The summed E-state index contributed by atoms with van der Waals surface area (Å²) in [5, 5.41) is 0.727. The lowest BCUT2D eigenvalue weighted by Crippen LogP contribution is -1.90. The van der Waals surface area contributed by atoms with Gasteiger partial charge in [0.25, 0.3) is 0 Å². The second-order valence-electron chi connectivity index (χ2n) is 2.94. The average molecular weight is 179 g/mol. The van der Waals surface area contributed by atoms with Crippen molar-refractivity contribution in [3.05, 3.63) is 35.8 Å². The second-order valence-corrected chi connectivity index (χ2v) is 2.94. The van der Waals surface area contributed by atoms with E-state index < -0.39 is 0 Å². The van der Waals surface area contributed by atoms with Crippen molar-refractivity contribution in [2.75, 3.05) is 0 Å². The third-order valence-electron chi connectivity index (χ3n) is 1.98. The highest BCUT2D eigenvalue weighted by Crippen LogP contribution is 2.18. The molecule has 1 N–H and O–H groups in total. The minimum Gasteiger partial charge on any atom is -0.350 e. The molecular formula is C10H10FNO. The first-order chi connectivity index (χ1) is 6.18. The van der Waals surface area contributed by atoms with E-state index >= 15 is 0 Å². The van der Waals surface area contributed by atoms with Gasteiger partial charge in [-0.25, -0.2) is 4.39 Å². The predicted octanol–water partition coefficient (Wildman–Crippen LogP) is 2.76. The number of carbonyl (C=O) groups is 1. The summed E-state index contributed by atoms with van der Waals surface area (Å²) in [6.45, 7) is 1.45. The van der Waals surface area contributed by atoms with Crippen LogP contribution in [0.2, 0.25) is 0 Å². The molecule has 0 aliphatic rings. The van der Waals surface area contributed by atoms with Crippen LogP contribution in [0.5, 0.6) is 0 Å². The zero-order chi connectivity index (χ0) is 9.42. The molecular weight excluding hydrogens is 169 g/mol. The Morgan fingerprint density at radius 2 is 2.31 bits per heavy atom. The summed E-state index contributed by atoms with van der Waals surface area (Å²) in [5.41, 5.74) is 0.841. The van der Waals surface area contributed by atoms with Gasteiger partial charge in [-0.2, -0.15) is 0 Å². The third kappa shape index (κ3) is 1.22. The van der Waals surface area contributed by atoms with Crippen molar-refractivity contribution in [3.8, 4) is 0 Å². The molecule has 1 aromatic heterocycles. The van der Waals surface area contributed by atoms with Gasteiger partial charge in [0, 0.05) is 13.7 Å². The van der Waals surface area contributed by atoms with Crippen LogP contribution in [0.1, 0.15) is 18.8 Å². The van der Waals surface area contributed by atoms with Crippen LogP contribution in [0.15, 0.2) is 24.3 Å². The Labute approximate surface area is 75.9 Å². The monoisotopic (exact) mass is 179 g/mol. The van der Waals surface area contributed by atoms with E-state index in [-0.39, 0.29) is 13.0 Å². The van der Waals surface area contributed by atoms with E-state index in [1.807, 2.05) is 0 Å². The molecule has 0 spiro atoms. The minimum atomic E-state index is -0.329. The van der Waals surface area contributed by atoms with Crippen molar-refractivity contribution in [2.24, 2.45) is 0 Å². The normalized spacial score (nSPS) is 10.6. The Morgan fingerprint density at radius 1 is 1.54 bits per heavy atom. The molecule has 0 unspecified atom stereocenters. The summed E-state index contributed by atoms with van der Waals surface area (Å²) in [6, 6.07) is 6.40. The van der Waals surface area contributed by atoms with Gasteiger partial charge in [-0.3, -0.25) is 4.79 Å². The van der Waals surface area contributed by atoms with Crippen LogP contribution in [0, 0.1) is 5.82 Å². The molecule has 0 saturated carbocycles. The van der Waals surface area contributed by atoms with Crippen molar-refractivity contribution in [3.63, 3.8) is 0 Å². The number of rotatable bonds is 1. The first kappa shape index (κ1) is 7.98. The molecule has 0 atom stereocenters. The van der Waals surface area contributed by atoms with Gasteiger partial charge in [0.2, 0.25) is 0 Å². The van der Waals surface area contributed by atoms with Gasteiger partial charge in [0.15, 0.2) is 5.78 Å². The Balaban J connectivity index is 0.000000980. The van der Waals surface area contributed by atoms with Gasteiger partial charge >= 0.3 is 0 Å². The maximum absolute atomic E-state index is 13.1. The molecule has 0 fully saturated rings. The van der Waals surface area contributed by atoms with E-state index in [0.29, 0.717) is 11.2 Å². The number of aromatic amines is 1. The SMILES string of the molecule is CC(=O)c1cc2cccc(F)c2[nH]1.[HH]. The quantitative estimate of drug-likeness (QED) is 0.671. The standard InChI is InChI=1S/C10H8FNO.H2/c1-6(13)9-5-7-3-2-4-8(11)10(7)12-9;/h2-5,12H,1H3;1H. The van der Waals surface area contributed by atoms with Gasteiger partial charge in [-0.15, -0.1) is 0 Å². The summed E-state index contributed by atoms with van der Waals surface area (Å²) >= 11 is 0. The number of para-hydroxylation sites is 1. The molecule has 13 heavy (non-hydrogen) atoms. The first-order valence-electron chi connectivity index (χ1n) is 3.96. The lowest BCUT2D eigenvalue weighted by molar-refractivity contribution is 0.101. The Hall–Kier alpha value is -1.64. The van der Waals surface area contributed by atoms with Crippen molar-refractivity contribution in [1.82, 2.24) is 4.98 Å². The topological polar surface area (TPSA) is 32.9 Å². The number of halogens is 1. The summed E-state index contributed by atoms with van der Waals surface area (Å²) in [5.74, 6) is -0.416. The lowest BCUT2D eigenvalue weighted by atomic mass is 10.2. The zero-order valence-corrected chi connectivity index (χ0v) is 7.10. The second kappa shape index (κ2) is 2.69.